The molecule has 1 aliphatic heterocycles. The molecule has 4 rings (SSSR count). The molecule has 1 N–H and O–H groups in total. The monoisotopic (exact) mass is 354 g/mol. The maximum Gasteiger partial charge on any atom is 0.273 e. The number of nitrogens with one attached hydrogen (secondary N) is 1. The van der Waals surface area contributed by atoms with Crippen LogP contribution < -0.4 is 14.8 Å². The zero-order valence-electron chi connectivity index (χ0n) is 14.0. The summed E-state index contributed by atoms with van der Waals surface area (Å²) in [6.45, 7) is 1.33. The summed E-state index contributed by atoms with van der Waals surface area (Å²) in [5, 5.41) is 10.7. The normalized spacial score (nSPS) is 15.6. The minimum absolute atomic E-state index is 0.193. The Morgan fingerprint density at radius 3 is 2.96 bits per heavy atom. The molecule has 0 saturated carbocycles. The Balaban J connectivity index is 1.30. The Labute approximate surface area is 149 Å². The van der Waals surface area contributed by atoms with Gasteiger partial charge in [-0.3, -0.25) is 4.79 Å². The highest BCUT2D eigenvalue weighted by Gasteiger charge is 2.22. The highest BCUT2D eigenvalue weighted by atomic mass is 16.6. The van der Waals surface area contributed by atoms with Crippen LogP contribution in [0.1, 0.15) is 16.2 Å². The second kappa shape index (κ2) is 7.30. The molecule has 1 unspecified atom stereocenters. The quantitative estimate of drug-likeness (QED) is 0.724. The van der Waals surface area contributed by atoms with E-state index in [-0.39, 0.29) is 17.7 Å². The number of carbonyl (C=O) groups excluding carboxylic acids is 1. The van der Waals surface area contributed by atoms with Gasteiger partial charge in [-0.15, -0.1) is 5.10 Å². The number of ether oxygens (including phenoxy) is 2. The minimum Gasteiger partial charge on any atom is -0.486 e. The third kappa shape index (κ3) is 3.69. The van der Waals surface area contributed by atoms with E-state index in [1.807, 2.05) is 36.4 Å². The van der Waals surface area contributed by atoms with Crippen LogP contribution in [-0.2, 0) is 13.0 Å². The van der Waals surface area contributed by atoms with Crippen LogP contribution in [0.15, 0.2) is 53.3 Å². The Morgan fingerprint density at radius 1 is 1.23 bits per heavy atom. The Morgan fingerprint density at radius 2 is 2.12 bits per heavy atom. The van der Waals surface area contributed by atoms with E-state index in [9.17, 15) is 4.79 Å². The van der Waals surface area contributed by atoms with Crippen LogP contribution in [0.3, 0.4) is 0 Å². The van der Waals surface area contributed by atoms with Gasteiger partial charge in [0.2, 0.25) is 0 Å². The highest BCUT2D eigenvalue weighted by Crippen LogP contribution is 2.31. The number of carbonyl (C=O) groups is 1. The first-order valence-electron chi connectivity index (χ1n) is 8.37. The van der Waals surface area contributed by atoms with E-state index >= 15 is 0 Å². The predicted octanol–water partition coefficient (Wildman–Crippen LogP) is 1.68. The summed E-state index contributed by atoms with van der Waals surface area (Å²) in [5.41, 5.74) is 0.265. The van der Waals surface area contributed by atoms with Crippen molar-refractivity contribution in [2.24, 2.45) is 0 Å². The van der Waals surface area contributed by atoms with Crippen LogP contribution in [0.25, 0.3) is 0 Å². The second-order valence-electron chi connectivity index (χ2n) is 5.91. The molecule has 1 aliphatic rings. The van der Waals surface area contributed by atoms with E-state index in [0.717, 1.165) is 11.5 Å². The molecule has 0 bridgehead atoms. The zero-order valence-corrected chi connectivity index (χ0v) is 14.0. The average molecular weight is 354 g/mol. The lowest BCUT2D eigenvalue weighted by molar-refractivity contribution is 0.0754. The molecule has 0 fully saturated rings. The number of amides is 1. The van der Waals surface area contributed by atoms with E-state index in [1.54, 1.807) is 17.1 Å². The van der Waals surface area contributed by atoms with Crippen molar-refractivity contribution < 1.29 is 18.7 Å². The summed E-state index contributed by atoms with van der Waals surface area (Å²) in [5.74, 6) is 2.00. The van der Waals surface area contributed by atoms with Crippen LogP contribution in [0.5, 0.6) is 11.5 Å². The molecule has 3 heterocycles. The van der Waals surface area contributed by atoms with Crippen molar-refractivity contribution in [1.29, 1.82) is 0 Å². The average Bonchev–Trinajstić information content (AvgIpc) is 3.34. The first kappa shape index (κ1) is 16.2. The fourth-order valence-electron chi connectivity index (χ4n) is 2.70. The van der Waals surface area contributed by atoms with Crippen LogP contribution in [0, 0.1) is 0 Å². The molecule has 0 aliphatic carbocycles. The van der Waals surface area contributed by atoms with Gasteiger partial charge in [0.1, 0.15) is 12.4 Å². The van der Waals surface area contributed by atoms with Crippen LogP contribution in [-0.4, -0.2) is 40.2 Å². The first-order valence-corrected chi connectivity index (χ1v) is 8.37. The maximum atomic E-state index is 12.1. The SMILES string of the molecule is O=C(NCCc1ccco1)c1cn(CC2COc3ccccc3O2)nn1. The number of nitrogens with zero attached hydrogens (tertiary/aromatic N) is 3. The van der Waals surface area contributed by atoms with E-state index in [0.29, 0.717) is 31.9 Å². The van der Waals surface area contributed by atoms with Gasteiger partial charge in [0.15, 0.2) is 23.3 Å². The maximum absolute atomic E-state index is 12.1. The number of benzene rings is 1. The number of para-hydroxylation sites is 2. The van der Waals surface area contributed by atoms with Crippen molar-refractivity contribution in [3.05, 3.63) is 60.3 Å². The summed E-state index contributed by atoms with van der Waals surface area (Å²) < 4.78 is 18.4. The Bertz CT molecular complexity index is 875. The van der Waals surface area contributed by atoms with Crippen molar-refractivity contribution in [1.82, 2.24) is 20.3 Å². The first-order chi connectivity index (χ1) is 12.8. The molecule has 1 atom stereocenters. The Hall–Kier alpha value is -3.29. The standard InChI is InChI=1S/C18H18N4O4/c23-18(19-8-7-13-4-3-9-24-13)15-11-22(21-20-15)10-14-12-25-16-5-1-2-6-17(16)26-14/h1-6,9,11,14H,7-8,10,12H2,(H,19,23). The Kier molecular flexibility index (Phi) is 4.55. The molecule has 1 amide bonds. The van der Waals surface area contributed by atoms with Crippen molar-refractivity contribution in [2.75, 3.05) is 13.2 Å². The molecule has 1 aromatic carbocycles. The van der Waals surface area contributed by atoms with E-state index < -0.39 is 0 Å². The molecule has 8 nitrogen and oxygen atoms in total. The molecule has 26 heavy (non-hydrogen) atoms. The van der Waals surface area contributed by atoms with Gasteiger partial charge < -0.3 is 19.2 Å². The van der Waals surface area contributed by atoms with Crippen molar-refractivity contribution in [3.63, 3.8) is 0 Å². The minimum atomic E-state index is -0.269. The van der Waals surface area contributed by atoms with E-state index in [2.05, 4.69) is 15.6 Å². The molecule has 0 radical (unpaired) electrons. The van der Waals surface area contributed by atoms with Gasteiger partial charge in [-0.2, -0.15) is 0 Å². The fraction of sp³-hybridized carbons (Fsp3) is 0.278. The molecule has 3 aromatic rings. The third-order valence-electron chi connectivity index (χ3n) is 3.97. The van der Waals surface area contributed by atoms with Gasteiger partial charge in [0.25, 0.3) is 5.91 Å². The van der Waals surface area contributed by atoms with Crippen molar-refractivity contribution in [2.45, 2.75) is 19.1 Å². The summed E-state index contributed by atoms with van der Waals surface area (Å²) in [7, 11) is 0. The van der Waals surface area contributed by atoms with Crippen LogP contribution >= 0.6 is 0 Å². The number of hydrogen-bond donors (Lipinski definition) is 1. The molecular weight excluding hydrogens is 336 g/mol. The summed E-state index contributed by atoms with van der Waals surface area (Å²) in [6.07, 6.45) is 3.64. The molecule has 134 valence electrons. The van der Waals surface area contributed by atoms with Gasteiger partial charge >= 0.3 is 0 Å². The molecule has 0 saturated heterocycles. The lowest BCUT2D eigenvalue weighted by atomic mass is 10.2. The van der Waals surface area contributed by atoms with Crippen LogP contribution in [0.2, 0.25) is 0 Å². The van der Waals surface area contributed by atoms with Crippen molar-refractivity contribution in [3.8, 4) is 11.5 Å². The fourth-order valence-corrected chi connectivity index (χ4v) is 2.70. The zero-order chi connectivity index (χ0) is 17.8. The smallest absolute Gasteiger partial charge is 0.273 e. The summed E-state index contributed by atoms with van der Waals surface area (Å²) >= 11 is 0. The van der Waals surface area contributed by atoms with Crippen molar-refractivity contribution >= 4 is 5.91 Å². The van der Waals surface area contributed by atoms with E-state index in [4.69, 9.17) is 13.9 Å². The number of furan rings is 1. The number of aromatic nitrogens is 3. The largest absolute Gasteiger partial charge is 0.486 e. The molecule has 0 spiro atoms. The third-order valence-corrected chi connectivity index (χ3v) is 3.97. The summed E-state index contributed by atoms with van der Waals surface area (Å²) in [4.78, 5) is 12.1. The summed E-state index contributed by atoms with van der Waals surface area (Å²) in [6, 6.07) is 11.2. The van der Waals surface area contributed by atoms with Gasteiger partial charge in [-0.05, 0) is 24.3 Å². The van der Waals surface area contributed by atoms with Crippen LogP contribution in [0.4, 0.5) is 0 Å². The second-order valence-corrected chi connectivity index (χ2v) is 5.91. The van der Waals surface area contributed by atoms with E-state index in [1.165, 1.54) is 0 Å². The highest BCUT2D eigenvalue weighted by molar-refractivity contribution is 5.91. The van der Waals surface area contributed by atoms with Gasteiger partial charge in [0, 0.05) is 13.0 Å². The lowest BCUT2D eigenvalue weighted by Gasteiger charge is -2.26. The number of rotatable bonds is 6. The lowest BCUT2D eigenvalue weighted by Crippen LogP contribution is -2.33. The topological polar surface area (TPSA) is 91.4 Å². The van der Waals surface area contributed by atoms with Gasteiger partial charge in [-0.25, -0.2) is 4.68 Å². The number of fused-ring (bicyclic) bond motifs is 1. The predicted molar refractivity (Wildman–Crippen MR) is 91.1 cm³/mol. The number of hydrogen-bond acceptors (Lipinski definition) is 6. The molecule has 2 aromatic heterocycles. The van der Waals surface area contributed by atoms with Gasteiger partial charge in [-0.1, -0.05) is 17.3 Å². The molecular formula is C18H18N4O4. The van der Waals surface area contributed by atoms with Gasteiger partial charge in [0.05, 0.1) is 19.0 Å². The molecule has 8 heteroatoms.